The fourth-order valence-electron chi connectivity index (χ4n) is 5.17. The third kappa shape index (κ3) is 3.29. The van der Waals surface area contributed by atoms with E-state index in [-0.39, 0.29) is 29.0 Å². The Kier molecular flexibility index (Phi) is 5.91. The van der Waals surface area contributed by atoms with E-state index in [1.165, 1.54) is 9.80 Å². The molecular formula is C28H34N2O4. The molecule has 2 aliphatic rings. The Bertz CT molecular complexity index is 1150. The molecule has 6 heteroatoms. The summed E-state index contributed by atoms with van der Waals surface area (Å²) < 4.78 is 0. The highest BCUT2D eigenvalue weighted by atomic mass is 16.2. The Hall–Kier alpha value is -3.02. The first-order valence-electron chi connectivity index (χ1n) is 12.4. The van der Waals surface area contributed by atoms with Gasteiger partial charge in [-0.05, 0) is 55.9 Å². The average Bonchev–Trinajstić information content (AvgIpc) is 2.85. The quantitative estimate of drug-likeness (QED) is 0.463. The van der Waals surface area contributed by atoms with E-state index in [9.17, 15) is 19.2 Å². The van der Waals surface area contributed by atoms with E-state index < -0.39 is 5.54 Å². The Morgan fingerprint density at radius 1 is 0.618 bits per heavy atom. The zero-order valence-electron chi connectivity index (χ0n) is 21.1. The summed E-state index contributed by atoms with van der Waals surface area (Å²) in [7, 11) is 0. The van der Waals surface area contributed by atoms with Gasteiger partial charge in [0.05, 0.1) is 0 Å². The lowest BCUT2D eigenvalue weighted by Crippen LogP contribution is -2.54. The fourth-order valence-corrected chi connectivity index (χ4v) is 5.17. The SMILES string of the molecule is CCC(C)(CC)CCN1C(=O)c2ccc3c4c(ccc(c24)C1=O)C(=O)N(C(C)(CC)CC)C3=O. The highest BCUT2D eigenvalue weighted by Crippen LogP contribution is 2.41. The second-order valence-electron chi connectivity index (χ2n) is 10.3. The van der Waals surface area contributed by atoms with Crippen molar-refractivity contribution in [2.24, 2.45) is 5.41 Å². The van der Waals surface area contributed by atoms with Crippen LogP contribution in [0.2, 0.25) is 0 Å². The number of benzene rings is 2. The van der Waals surface area contributed by atoms with Crippen LogP contribution in [0.25, 0.3) is 10.8 Å². The summed E-state index contributed by atoms with van der Waals surface area (Å²) >= 11 is 0. The molecule has 2 aliphatic heterocycles. The van der Waals surface area contributed by atoms with Gasteiger partial charge in [0.1, 0.15) is 0 Å². The fraction of sp³-hybridized carbons (Fsp3) is 0.500. The van der Waals surface area contributed by atoms with Gasteiger partial charge < -0.3 is 0 Å². The molecule has 0 fully saturated rings. The molecule has 6 nitrogen and oxygen atoms in total. The third-order valence-electron chi connectivity index (χ3n) is 8.69. The zero-order valence-corrected chi connectivity index (χ0v) is 21.1. The number of carbonyl (C=O) groups is 4. The summed E-state index contributed by atoms with van der Waals surface area (Å²) in [5, 5.41) is 0.871. The van der Waals surface area contributed by atoms with Crippen LogP contribution < -0.4 is 0 Å². The van der Waals surface area contributed by atoms with Crippen molar-refractivity contribution in [2.45, 2.75) is 79.2 Å². The summed E-state index contributed by atoms with van der Waals surface area (Å²) in [4.78, 5) is 56.6. The van der Waals surface area contributed by atoms with Crippen LogP contribution in [-0.2, 0) is 0 Å². The molecule has 0 bridgehead atoms. The average molecular weight is 463 g/mol. The molecule has 0 unspecified atom stereocenters. The maximum absolute atomic E-state index is 13.5. The van der Waals surface area contributed by atoms with Crippen molar-refractivity contribution < 1.29 is 19.2 Å². The molecule has 4 amide bonds. The van der Waals surface area contributed by atoms with Gasteiger partial charge in [0.2, 0.25) is 0 Å². The minimum atomic E-state index is -0.611. The van der Waals surface area contributed by atoms with Crippen LogP contribution in [0.15, 0.2) is 24.3 Å². The van der Waals surface area contributed by atoms with Crippen molar-refractivity contribution in [3.63, 3.8) is 0 Å². The first-order valence-corrected chi connectivity index (χ1v) is 12.4. The third-order valence-corrected chi connectivity index (χ3v) is 8.69. The second kappa shape index (κ2) is 8.33. The monoisotopic (exact) mass is 462 g/mol. The number of carbonyl (C=O) groups excluding carboxylic acids is 4. The van der Waals surface area contributed by atoms with Gasteiger partial charge in [-0.1, -0.05) is 47.5 Å². The van der Waals surface area contributed by atoms with E-state index in [2.05, 4.69) is 20.8 Å². The van der Waals surface area contributed by atoms with Crippen LogP contribution in [0.3, 0.4) is 0 Å². The summed E-state index contributed by atoms with van der Waals surface area (Å²) in [5.41, 5.74) is 0.961. The summed E-state index contributed by atoms with van der Waals surface area (Å²) in [6.45, 7) is 12.6. The van der Waals surface area contributed by atoms with Crippen LogP contribution in [0.4, 0.5) is 0 Å². The highest BCUT2D eigenvalue weighted by molar-refractivity contribution is 6.33. The van der Waals surface area contributed by atoms with Crippen molar-refractivity contribution in [1.82, 2.24) is 9.80 Å². The molecule has 2 aromatic carbocycles. The predicted molar refractivity (Wildman–Crippen MR) is 132 cm³/mol. The van der Waals surface area contributed by atoms with Crippen molar-refractivity contribution in [2.75, 3.05) is 6.54 Å². The van der Waals surface area contributed by atoms with E-state index in [1.807, 2.05) is 20.8 Å². The molecule has 4 rings (SSSR count). The Morgan fingerprint density at radius 2 is 1.00 bits per heavy atom. The van der Waals surface area contributed by atoms with E-state index in [4.69, 9.17) is 0 Å². The molecule has 2 heterocycles. The summed E-state index contributed by atoms with van der Waals surface area (Å²) in [6, 6.07) is 6.58. The van der Waals surface area contributed by atoms with E-state index >= 15 is 0 Å². The minimum absolute atomic E-state index is 0.0538. The van der Waals surface area contributed by atoms with Crippen molar-refractivity contribution in [1.29, 1.82) is 0 Å². The number of amides is 4. The predicted octanol–water partition coefficient (Wildman–Crippen LogP) is 5.83. The molecule has 0 saturated carbocycles. The topological polar surface area (TPSA) is 74.8 Å². The molecule has 0 spiro atoms. The molecule has 0 N–H and O–H groups in total. The minimum Gasteiger partial charge on any atom is -0.274 e. The Morgan fingerprint density at radius 3 is 1.35 bits per heavy atom. The van der Waals surface area contributed by atoms with Gasteiger partial charge in [-0.15, -0.1) is 0 Å². The molecule has 0 radical (unpaired) electrons. The standard InChI is InChI=1S/C28H34N2O4/c1-7-27(5,8-2)15-16-29-23(31)17-11-13-19-22-20(14-12-18(21(17)22)24(29)32)26(34)30(25(19)33)28(6,9-3)10-4/h11-14H,7-10,15-16H2,1-6H3. The Labute approximate surface area is 201 Å². The van der Waals surface area contributed by atoms with Crippen molar-refractivity contribution in [3.8, 4) is 0 Å². The lowest BCUT2D eigenvalue weighted by molar-refractivity contribution is 0.0384. The number of rotatable bonds is 8. The smallest absolute Gasteiger partial charge is 0.261 e. The van der Waals surface area contributed by atoms with E-state index in [1.54, 1.807) is 24.3 Å². The molecule has 180 valence electrons. The highest BCUT2D eigenvalue weighted by Gasteiger charge is 2.44. The molecular weight excluding hydrogens is 428 g/mol. The largest absolute Gasteiger partial charge is 0.274 e. The summed E-state index contributed by atoms with van der Waals surface area (Å²) in [6.07, 6.45) is 3.93. The Balaban J connectivity index is 1.84. The van der Waals surface area contributed by atoms with E-state index in [0.717, 1.165) is 19.3 Å². The molecule has 0 saturated heterocycles. The van der Waals surface area contributed by atoms with Gasteiger partial charge in [0.25, 0.3) is 23.6 Å². The van der Waals surface area contributed by atoms with Crippen molar-refractivity contribution in [3.05, 3.63) is 46.5 Å². The van der Waals surface area contributed by atoms with Gasteiger partial charge in [-0.25, -0.2) is 0 Å². The lowest BCUT2D eigenvalue weighted by atomic mass is 9.80. The normalized spacial score (nSPS) is 16.2. The second-order valence-corrected chi connectivity index (χ2v) is 10.3. The van der Waals surface area contributed by atoms with Crippen LogP contribution in [0, 0.1) is 5.41 Å². The molecule has 34 heavy (non-hydrogen) atoms. The summed E-state index contributed by atoms with van der Waals surface area (Å²) in [5.74, 6) is -1.44. The molecule has 0 aromatic heterocycles. The van der Waals surface area contributed by atoms with Gasteiger partial charge in [0, 0.05) is 45.1 Å². The number of imide groups is 2. The number of hydrogen-bond acceptors (Lipinski definition) is 4. The van der Waals surface area contributed by atoms with Crippen molar-refractivity contribution >= 4 is 34.4 Å². The molecule has 0 atom stereocenters. The molecule has 2 aromatic rings. The lowest BCUT2D eigenvalue weighted by Gasteiger charge is -2.41. The number of hydrogen-bond donors (Lipinski definition) is 0. The van der Waals surface area contributed by atoms with Crippen LogP contribution in [0.5, 0.6) is 0 Å². The van der Waals surface area contributed by atoms with Gasteiger partial charge in [-0.3, -0.25) is 29.0 Å². The van der Waals surface area contributed by atoms with E-state index in [0.29, 0.717) is 52.4 Å². The van der Waals surface area contributed by atoms with Gasteiger partial charge in [0.15, 0.2) is 0 Å². The van der Waals surface area contributed by atoms with Crippen LogP contribution in [0.1, 0.15) is 115 Å². The first kappa shape index (κ1) is 24.1. The first-order chi connectivity index (χ1) is 16.1. The van der Waals surface area contributed by atoms with Crippen LogP contribution in [-0.4, -0.2) is 45.5 Å². The number of nitrogens with zero attached hydrogens (tertiary/aromatic N) is 2. The zero-order chi connectivity index (χ0) is 25.0. The van der Waals surface area contributed by atoms with Gasteiger partial charge >= 0.3 is 0 Å². The van der Waals surface area contributed by atoms with Gasteiger partial charge in [-0.2, -0.15) is 0 Å². The van der Waals surface area contributed by atoms with Crippen LogP contribution >= 0.6 is 0 Å². The maximum atomic E-state index is 13.5. The molecule has 0 aliphatic carbocycles. The maximum Gasteiger partial charge on any atom is 0.261 e.